The summed E-state index contributed by atoms with van der Waals surface area (Å²) in [4.78, 5) is 31.5. The number of aryl methyl sites for hydroxylation is 2. The summed E-state index contributed by atoms with van der Waals surface area (Å²) in [6, 6.07) is 13.4. The number of aromatic nitrogens is 2. The van der Waals surface area contributed by atoms with Gasteiger partial charge in [0.1, 0.15) is 0 Å². The highest BCUT2D eigenvalue weighted by Gasteiger charge is 2.09. The monoisotopic (exact) mass is 378 g/mol. The summed E-state index contributed by atoms with van der Waals surface area (Å²) in [6.45, 7) is 8.33. The Morgan fingerprint density at radius 3 is 2.50 bits per heavy atom. The number of benzene rings is 2. The minimum atomic E-state index is -0.133. The first-order chi connectivity index (χ1) is 13.5. The van der Waals surface area contributed by atoms with Crippen LogP contribution in [0.2, 0.25) is 0 Å². The van der Waals surface area contributed by atoms with Gasteiger partial charge in [-0.25, -0.2) is 4.98 Å². The highest BCUT2D eigenvalue weighted by molar-refractivity contribution is 5.90. The molecule has 1 heterocycles. The van der Waals surface area contributed by atoms with Crippen LogP contribution in [0, 0.1) is 6.92 Å². The molecule has 146 valence electrons. The largest absolute Gasteiger partial charge is 0.372 e. The summed E-state index contributed by atoms with van der Waals surface area (Å²) in [6.07, 6.45) is 1.72. The van der Waals surface area contributed by atoms with Crippen LogP contribution in [0.15, 0.2) is 53.6 Å². The Labute approximate surface area is 164 Å². The average Bonchev–Trinajstić information content (AvgIpc) is 2.70. The predicted octanol–water partition coefficient (Wildman–Crippen LogP) is 3.58. The van der Waals surface area contributed by atoms with E-state index in [1.807, 2.05) is 43.3 Å². The molecule has 28 heavy (non-hydrogen) atoms. The van der Waals surface area contributed by atoms with Gasteiger partial charge in [0.05, 0.1) is 17.2 Å². The second-order valence-electron chi connectivity index (χ2n) is 6.73. The van der Waals surface area contributed by atoms with E-state index in [9.17, 15) is 9.59 Å². The van der Waals surface area contributed by atoms with Gasteiger partial charge in [0.2, 0.25) is 5.91 Å². The first-order valence-electron chi connectivity index (χ1n) is 9.63. The number of nitrogens with zero attached hydrogens (tertiary/aromatic N) is 3. The maximum atomic E-state index is 12.6. The zero-order valence-electron chi connectivity index (χ0n) is 16.6. The molecule has 0 bridgehead atoms. The summed E-state index contributed by atoms with van der Waals surface area (Å²) in [5.41, 5.74) is 3.44. The van der Waals surface area contributed by atoms with E-state index in [4.69, 9.17) is 0 Å². The van der Waals surface area contributed by atoms with Gasteiger partial charge in [0.15, 0.2) is 0 Å². The van der Waals surface area contributed by atoms with Crippen LogP contribution in [-0.2, 0) is 11.3 Å². The van der Waals surface area contributed by atoms with Crippen molar-refractivity contribution in [1.82, 2.24) is 9.55 Å². The van der Waals surface area contributed by atoms with E-state index in [-0.39, 0.29) is 17.9 Å². The molecule has 0 spiro atoms. The standard InChI is InChI=1S/C22H26N4O2/c1-4-25(5-2)18-11-9-17(10-12-18)24-20(27)13-14-26-15-23-21-16(3)7-6-8-19(21)22(26)28/h6-12,15H,4-5,13-14H2,1-3H3,(H,24,27). The molecule has 0 aliphatic carbocycles. The Bertz CT molecular complexity index is 1020. The summed E-state index contributed by atoms with van der Waals surface area (Å²) in [5, 5.41) is 3.47. The minimum Gasteiger partial charge on any atom is -0.372 e. The highest BCUT2D eigenvalue weighted by atomic mass is 16.1. The third-order valence-corrected chi connectivity index (χ3v) is 4.91. The van der Waals surface area contributed by atoms with E-state index < -0.39 is 0 Å². The molecule has 0 atom stereocenters. The molecule has 0 fully saturated rings. The molecular weight excluding hydrogens is 352 g/mol. The van der Waals surface area contributed by atoms with Crippen molar-refractivity contribution in [3.63, 3.8) is 0 Å². The summed E-state index contributed by atoms with van der Waals surface area (Å²) in [7, 11) is 0. The smallest absolute Gasteiger partial charge is 0.261 e. The minimum absolute atomic E-state index is 0.120. The summed E-state index contributed by atoms with van der Waals surface area (Å²) in [5.74, 6) is -0.133. The van der Waals surface area contributed by atoms with Crippen molar-refractivity contribution in [1.29, 1.82) is 0 Å². The lowest BCUT2D eigenvalue weighted by molar-refractivity contribution is -0.116. The molecule has 0 saturated heterocycles. The lowest BCUT2D eigenvalue weighted by Gasteiger charge is -2.21. The van der Waals surface area contributed by atoms with Crippen LogP contribution in [-0.4, -0.2) is 28.5 Å². The number of rotatable bonds is 7. The van der Waals surface area contributed by atoms with Gasteiger partial charge in [-0.2, -0.15) is 0 Å². The van der Waals surface area contributed by atoms with Crippen LogP contribution in [0.4, 0.5) is 11.4 Å². The van der Waals surface area contributed by atoms with Crippen molar-refractivity contribution in [3.8, 4) is 0 Å². The number of anilines is 2. The Hall–Kier alpha value is -3.15. The fraction of sp³-hybridized carbons (Fsp3) is 0.318. The quantitative estimate of drug-likeness (QED) is 0.682. The second kappa shape index (κ2) is 8.69. The number of hydrogen-bond donors (Lipinski definition) is 1. The average molecular weight is 378 g/mol. The molecule has 0 aliphatic rings. The number of para-hydroxylation sites is 1. The van der Waals surface area contributed by atoms with Gasteiger partial charge in [0, 0.05) is 37.4 Å². The zero-order chi connectivity index (χ0) is 20.1. The number of amides is 1. The first kappa shape index (κ1) is 19.6. The lowest BCUT2D eigenvalue weighted by atomic mass is 10.1. The van der Waals surface area contributed by atoms with E-state index in [1.54, 1.807) is 6.07 Å². The second-order valence-corrected chi connectivity index (χ2v) is 6.73. The van der Waals surface area contributed by atoms with Gasteiger partial charge in [-0.3, -0.25) is 14.2 Å². The zero-order valence-corrected chi connectivity index (χ0v) is 16.6. The molecule has 6 nitrogen and oxygen atoms in total. The van der Waals surface area contributed by atoms with Crippen molar-refractivity contribution >= 4 is 28.2 Å². The van der Waals surface area contributed by atoms with Crippen molar-refractivity contribution < 1.29 is 4.79 Å². The molecule has 0 radical (unpaired) electrons. The van der Waals surface area contributed by atoms with E-state index >= 15 is 0 Å². The normalized spacial score (nSPS) is 10.8. The Morgan fingerprint density at radius 1 is 1.11 bits per heavy atom. The third-order valence-electron chi connectivity index (χ3n) is 4.91. The highest BCUT2D eigenvalue weighted by Crippen LogP contribution is 2.18. The molecule has 3 rings (SSSR count). The van der Waals surface area contributed by atoms with Gasteiger partial charge >= 0.3 is 0 Å². The molecular formula is C22H26N4O2. The molecule has 1 aromatic heterocycles. The van der Waals surface area contributed by atoms with E-state index in [0.717, 1.165) is 30.0 Å². The van der Waals surface area contributed by atoms with Crippen LogP contribution in [0.25, 0.3) is 10.9 Å². The van der Waals surface area contributed by atoms with Crippen molar-refractivity contribution in [2.24, 2.45) is 0 Å². The molecule has 0 unspecified atom stereocenters. The van der Waals surface area contributed by atoms with Crippen LogP contribution in [0.1, 0.15) is 25.8 Å². The summed E-state index contributed by atoms with van der Waals surface area (Å²) >= 11 is 0. The molecule has 3 aromatic rings. The molecule has 0 aliphatic heterocycles. The number of hydrogen-bond acceptors (Lipinski definition) is 4. The molecule has 2 aromatic carbocycles. The number of carbonyl (C=O) groups excluding carboxylic acids is 1. The Balaban J connectivity index is 1.64. The van der Waals surface area contributed by atoms with Gasteiger partial charge in [0.25, 0.3) is 5.56 Å². The van der Waals surface area contributed by atoms with Crippen molar-refractivity contribution in [3.05, 3.63) is 64.7 Å². The molecule has 1 amide bonds. The fourth-order valence-corrected chi connectivity index (χ4v) is 3.29. The van der Waals surface area contributed by atoms with Crippen molar-refractivity contribution in [2.75, 3.05) is 23.3 Å². The molecule has 6 heteroatoms. The van der Waals surface area contributed by atoms with Crippen molar-refractivity contribution in [2.45, 2.75) is 33.7 Å². The van der Waals surface area contributed by atoms with Crippen LogP contribution in [0.3, 0.4) is 0 Å². The van der Waals surface area contributed by atoms with E-state index in [2.05, 4.69) is 29.0 Å². The van der Waals surface area contributed by atoms with Crippen LogP contribution >= 0.6 is 0 Å². The molecule has 1 N–H and O–H groups in total. The molecule has 0 saturated carbocycles. The number of nitrogens with one attached hydrogen (secondary N) is 1. The van der Waals surface area contributed by atoms with E-state index in [0.29, 0.717) is 17.4 Å². The number of fused-ring (bicyclic) bond motifs is 1. The maximum absolute atomic E-state index is 12.6. The third kappa shape index (κ3) is 4.22. The topological polar surface area (TPSA) is 67.2 Å². The van der Waals surface area contributed by atoms with Gasteiger partial charge in [-0.15, -0.1) is 0 Å². The lowest BCUT2D eigenvalue weighted by Crippen LogP contribution is -2.24. The van der Waals surface area contributed by atoms with Gasteiger partial charge in [-0.1, -0.05) is 12.1 Å². The summed E-state index contributed by atoms with van der Waals surface area (Å²) < 4.78 is 1.49. The van der Waals surface area contributed by atoms with Crippen LogP contribution in [0.5, 0.6) is 0 Å². The maximum Gasteiger partial charge on any atom is 0.261 e. The Morgan fingerprint density at radius 2 is 1.82 bits per heavy atom. The SMILES string of the molecule is CCN(CC)c1ccc(NC(=O)CCn2cnc3c(C)cccc3c2=O)cc1. The number of carbonyl (C=O) groups is 1. The van der Waals surface area contributed by atoms with Gasteiger partial charge < -0.3 is 10.2 Å². The van der Waals surface area contributed by atoms with E-state index in [1.165, 1.54) is 10.9 Å². The Kier molecular flexibility index (Phi) is 6.09. The first-order valence-corrected chi connectivity index (χ1v) is 9.63. The van der Waals surface area contributed by atoms with Crippen LogP contribution < -0.4 is 15.8 Å². The predicted molar refractivity (Wildman–Crippen MR) is 114 cm³/mol. The fourth-order valence-electron chi connectivity index (χ4n) is 3.29. The van der Waals surface area contributed by atoms with Gasteiger partial charge in [-0.05, 0) is 56.7 Å².